The zero-order chi connectivity index (χ0) is 25.8. The first-order valence-electron chi connectivity index (χ1n) is 10.4. The van der Waals surface area contributed by atoms with Gasteiger partial charge in [0.2, 0.25) is 5.91 Å². The molecule has 16 heteroatoms. The number of hydrogen-bond acceptors (Lipinski definition) is 12. The van der Waals surface area contributed by atoms with Gasteiger partial charge in [0.1, 0.15) is 43.2 Å². The summed E-state index contributed by atoms with van der Waals surface area (Å²) in [4.78, 5) is 61.1. The fraction of sp³-hybridized carbons (Fsp3) is 0.350. The normalized spacial score (nSPS) is 18.7. The third-order valence-corrected chi connectivity index (χ3v) is 6.56. The molecule has 188 valence electrons. The van der Waals surface area contributed by atoms with E-state index in [1.165, 1.54) is 58.9 Å². The summed E-state index contributed by atoms with van der Waals surface area (Å²) in [5.41, 5.74) is 0.716. The van der Waals surface area contributed by atoms with Crippen molar-refractivity contribution in [3.8, 4) is 0 Å². The Morgan fingerprint density at radius 3 is 2.61 bits per heavy atom. The molecule has 1 saturated heterocycles. The summed E-state index contributed by atoms with van der Waals surface area (Å²) < 4.78 is 11.6. The number of nitrogens with zero attached hydrogens (tertiary/aromatic N) is 6. The van der Waals surface area contributed by atoms with E-state index in [9.17, 15) is 29.3 Å². The van der Waals surface area contributed by atoms with Gasteiger partial charge < -0.3 is 14.8 Å². The van der Waals surface area contributed by atoms with Crippen molar-refractivity contribution in [2.24, 2.45) is 0 Å². The first-order chi connectivity index (χ1) is 17.2. The predicted molar refractivity (Wildman–Crippen MR) is 119 cm³/mol. The van der Waals surface area contributed by atoms with Crippen LogP contribution in [0.25, 0.3) is 0 Å². The molecule has 1 N–H and O–H groups in total. The number of ether oxygens (including phenoxy) is 2. The van der Waals surface area contributed by atoms with Gasteiger partial charge in [-0.25, -0.2) is 9.48 Å². The van der Waals surface area contributed by atoms with Crippen LogP contribution < -0.4 is 5.32 Å². The second-order valence-electron chi connectivity index (χ2n) is 7.69. The van der Waals surface area contributed by atoms with Gasteiger partial charge >= 0.3 is 11.9 Å². The minimum absolute atomic E-state index is 0.0575. The molecule has 1 fully saturated rings. The molecule has 2 aliphatic rings. The average Bonchev–Trinajstić information content (AvgIpc) is 3.37. The minimum Gasteiger partial charge on any atom is -0.461 e. The quantitative estimate of drug-likeness (QED) is 0.195. The number of tetrazole rings is 1. The van der Waals surface area contributed by atoms with Crippen molar-refractivity contribution < 1.29 is 33.6 Å². The summed E-state index contributed by atoms with van der Waals surface area (Å²) >= 11 is 1.30. The smallest absolute Gasteiger partial charge is 0.355 e. The van der Waals surface area contributed by atoms with Crippen LogP contribution in [0, 0.1) is 10.1 Å². The Kier molecular flexibility index (Phi) is 7.23. The number of carbonyl (C=O) groups excluding carboxylic acids is 4. The Labute approximate surface area is 206 Å². The molecule has 1 aromatic carbocycles. The van der Waals surface area contributed by atoms with Gasteiger partial charge in [-0.15, -0.1) is 16.9 Å². The van der Waals surface area contributed by atoms with E-state index in [0.717, 1.165) is 0 Å². The van der Waals surface area contributed by atoms with E-state index in [2.05, 4.69) is 20.8 Å². The monoisotopic (exact) mass is 517 g/mol. The molecule has 4 rings (SSSR count). The lowest BCUT2D eigenvalue weighted by Gasteiger charge is -2.49. The zero-order valence-electron chi connectivity index (χ0n) is 18.7. The van der Waals surface area contributed by atoms with E-state index < -0.39 is 40.1 Å². The lowest BCUT2D eigenvalue weighted by Crippen LogP contribution is -2.70. The molecule has 1 aromatic heterocycles. The Morgan fingerprint density at radius 1 is 1.22 bits per heavy atom. The van der Waals surface area contributed by atoms with Crippen molar-refractivity contribution in [2.75, 3.05) is 12.4 Å². The lowest BCUT2D eigenvalue weighted by molar-refractivity contribution is -0.384. The van der Waals surface area contributed by atoms with Crippen LogP contribution in [-0.2, 0) is 41.8 Å². The Morgan fingerprint density at radius 2 is 1.97 bits per heavy atom. The molecule has 3 heterocycles. The number of hydrogen-bond donors (Lipinski definition) is 1. The van der Waals surface area contributed by atoms with Crippen molar-refractivity contribution in [1.29, 1.82) is 0 Å². The third-order valence-electron chi connectivity index (χ3n) is 5.22. The van der Waals surface area contributed by atoms with Crippen molar-refractivity contribution in [2.45, 2.75) is 31.5 Å². The molecule has 0 aliphatic carbocycles. The standard InChI is InChI=1S/C20H19N7O8S/c1-11(28)34-8-13-9-36-19-16(22-15(29)6-25-10-21-23-24-25)18(30)26(19)17(13)20(31)35-7-12-2-4-14(5-3-12)27(32)33/h2-5,10,16,19H,6-9H2,1H3,(H,22,29)/t16?,19-/m1/s1. The van der Waals surface area contributed by atoms with Gasteiger partial charge in [0.15, 0.2) is 0 Å². The van der Waals surface area contributed by atoms with Gasteiger partial charge in [0.25, 0.3) is 11.6 Å². The Balaban J connectivity index is 1.46. The molecule has 2 atom stereocenters. The number of benzene rings is 1. The highest BCUT2D eigenvalue weighted by Crippen LogP contribution is 2.40. The molecule has 0 radical (unpaired) electrons. The summed E-state index contributed by atoms with van der Waals surface area (Å²) in [5.74, 6) is -2.15. The van der Waals surface area contributed by atoms with E-state index >= 15 is 0 Å². The highest BCUT2D eigenvalue weighted by Gasteiger charge is 2.54. The van der Waals surface area contributed by atoms with Crippen LogP contribution in [-0.4, -0.2) is 77.6 Å². The Hall–Kier alpha value is -4.34. The molecule has 0 saturated carbocycles. The van der Waals surface area contributed by atoms with Gasteiger partial charge in [0.05, 0.1) is 4.92 Å². The van der Waals surface area contributed by atoms with E-state index in [1.807, 2.05) is 0 Å². The maximum absolute atomic E-state index is 13.0. The summed E-state index contributed by atoms with van der Waals surface area (Å²) in [5, 5.41) is 23.3. The molecular weight excluding hydrogens is 498 g/mol. The number of nitro benzene ring substituents is 1. The van der Waals surface area contributed by atoms with E-state index in [0.29, 0.717) is 11.1 Å². The molecule has 0 bridgehead atoms. The van der Waals surface area contributed by atoms with Crippen LogP contribution in [0.5, 0.6) is 0 Å². The van der Waals surface area contributed by atoms with Crippen molar-refractivity contribution in [3.63, 3.8) is 0 Å². The van der Waals surface area contributed by atoms with E-state index in [-0.39, 0.29) is 36.9 Å². The number of nitrogens with one attached hydrogen (secondary N) is 1. The molecule has 2 amide bonds. The molecule has 2 aromatic rings. The maximum atomic E-state index is 13.0. The topological polar surface area (TPSA) is 189 Å². The van der Waals surface area contributed by atoms with Gasteiger partial charge in [-0.1, -0.05) is 0 Å². The van der Waals surface area contributed by atoms with Crippen molar-refractivity contribution in [3.05, 3.63) is 57.5 Å². The first kappa shape index (κ1) is 24.8. The van der Waals surface area contributed by atoms with Crippen LogP contribution in [0.1, 0.15) is 12.5 Å². The minimum atomic E-state index is -0.883. The number of fused-ring (bicyclic) bond motifs is 1. The Bertz CT molecular complexity index is 1230. The molecule has 1 unspecified atom stereocenters. The number of carbonyl (C=O) groups is 4. The van der Waals surface area contributed by atoms with Gasteiger partial charge in [-0.05, 0) is 28.1 Å². The summed E-state index contributed by atoms with van der Waals surface area (Å²) in [7, 11) is 0. The molecule has 15 nitrogen and oxygen atoms in total. The van der Waals surface area contributed by atoms with Crippen LogP contribution >= 0.6 is 11.8 Å². The summed E-state index contributed by atoms with van der Waals surface area (Å²) in [6, 6.07) is 4.58. The molecule has 36 heavy (non-hydrogen) atoms. The average molecular weight is 517 g/mol. The maximum Gasteiger partial charge on any atom is 0.355 e. The summed E-state index contributed by atoms with van der Waals surface area (Å²) in [6.07, 6.45) is 1.26. The van der Waals surface area contributed by atoms with Crippen LogP contribution in [0.3, 0.4) is 0 Å². The highest BCUT2D eigenvalue weighted by molar-refractivity contribution is 8.00. The number of rotatable bonds is 9. The largest absolute Gasteiger partial charge is 0.461 e. The van der Waals surface area contributed by atoms with E-state index in [1.54, 1.807) is 0 Å². The van der Waals surface area contributed by atoms with Crippen molar-refractivity contribution in [1.82, 2.24) is 30.4 Å². The van der Waals surface area contributed by atoms with Crippen LogP contribution in [0.4, 0.5) is 5.69 Å². The van der Waals surface area contributed by atoms with Crippen LogP contribution in [0.2, 0.25) is 0 Å². The number of esters is 2. The lowest BCUT2D eigenvalue weighted by atomic mass is 10.0. The fourth-order valence-electron chi connectivity index (χ4n) is 3.52. The first-order valence-corrected chi connectivity index (χ1v) is 11.5. The number of nitro groups is 1. The second-order valence-corrected chi connectivity index (χ2v) is 8.80. The highest BCUT2D eigenvalue weighted by atomic mass is 32.2. The van der Waals surface area contributed by atoms with Gasteiger partial charge in [0, 0.05) is 30.4 Å². The zero-order valence-corrected chi connectivity index (χ0v) is 19.5. The second kappa shape index (κ2) is 10.5. The predicted octanol–water partition coefficient (Wildman–Crippen LogP) is -0.458. The molecular formula is C20H19N7O8S. The number of non-ortho nitro benzene ring substituents is 1. The molecule has 0 spiro atoms. The van der Waals surface area contributed by atoms with Crippen molar-refractivity contribution >= 4 is 41.2 Å². The number of amides is 2. The SMILES string of the molecule is CC(=O)OCC1=C(C(=O)OCc2ccc([N+](=O)[O-])cc2)N2C(=O)C(NC(=O)Cn3cnnn3)[C@H]2SC1. The number of β-lactam (4-membered cyclic amide) rings is 1. The van der Waals surface area contributed by atoms with Gasteiger partial charge in [-0.3, -0.25) is 29.4 Å². The van der Waals surface area contributed by atoms with Crippen LogP contribution in [0.15, 0.2) is 41.9 Å². The number of thioether (sulfide) groups is 1. The molecule has 2 aliphatic heterocycles. The van der Waals surface area contributed by atoms with E-state index in [4.69, 9.17) is 9.47 Å². The van der Waals surface area contributed by atoms with Gasteiger partial charge in [-0.2, -0.15) is 0 Å². The summed E-state index contributed by atoms with van der Waals surface area (Å²) in [6.45, 7) is 0.618. The number of aromatic nitrogens is 4. The third kappa shape index (κ3) is 5.32. The fourth-order valence-corrected chi connectivity index (χ4v) is 4.85.